The van der Waals surface area contributed by atoms with Gasteiger partial charge in [0.05, 0.1) is 0 Å². The van der Waals surface area contributed by atoms with E-state index in [1.807, 2.05) is 12.1 Å². The first-order valence-corrected chi connectivity index (χ1v) is 5.08. The molecule has 2 nitrogen and oxygen atoms in total. The van der Waals surface area contributed by atoms with Gasteiger partial charge < -0.3 is 0 Å². The minimum atomic E-state index is 0.241. The molecule has 0 saturated carbocycles. The van der Waals surface area contributed by atoms with E-state index in [0.29, 0.717) is 6.42 Å². The summed E-state index contributed by atoms with van der Waals surface area (Å²) in [7, 11) is 0. The number of aryl methyl sites for hydroxylation is 1. The number of β-lactam (4-membered cyclic amide) rings is 1. The molecule has 2 rings (SSSR count). The summed E-state index contributed by atoms with van der Waals surface area (Å²) in [5.74, 6) is 0.241. The molecule has 1 aromatic rings. The Labute approximate surface area is 82.1 Å². The molecule has 1 aliphatic rings. The fourth-order valence-electron chi connectivity index (χ4n) is 1.12. The van der Waals surface area contributed by atoms with Crippen LogP contribution in [0.5, 0.6) is 0 Å². The fraction of sp³-hybridized carbons (Fsp3) is 0.300. The first kappa shape index (κ1) is 8.63. The summed E-state index contributed by atoms with van der Waals surface area (Å²) in [5.41, 5.74) is 1.25. The number of carbonyl (C=O) groups excluding carboxylic acids is 1. The first-order valence-electron chi connectivity index (χ1n) is 4.31. The second-order valence-corrected chi connectivity index (χ2v) is 4.24. The van der Waals surface area contributed by atoms with Gasteiger partial charge in [-0.05, 0) is 31.0 Å². The molecule has 0 spiro atoms. The van der Waals surface area contributed by atoms with Crippen molar-refractivity contribution in [3.05, 3.63) is 29.8 Å². The van der Waals surface area contributed by atoms with Crippen molar-refractivity contribution in [2.75, 3.05) is 6.54 Å². The van der Waals surface area contributed by atoms with E-state index in [9.17, 15) is 4.79 Å². The summed E-state index contributed by atoms with van der Waals surface area (Å²) in [6, 6.07) is 8.22. The largest absolute Gasteiger partial charge is 0.282 e. The molecule has 0 N–H and O–H groups in total. The molecule has 0 bridgehead atoms. The van der Waals surface area contributed by atoms with E-state index in [1.165, 1.54) is 17.5 Å². The van der Waals surface area contributed by atoms with E-state index in [0.717, 1.165) is 11.4 Å². The molecule has 68 valence electrons. The molecule has 0 aromatic heterocycles. The zero-order valence-corrected chi connectivity index (χ0v) is 8.30. The highest BCUT2D eigenvalue weighted by Gasteiger charge is 2.24. The van der Waals surface area contributed by atoms with E-state index in [1.54, 1.807) is 4.31 Å². The summed E-state index contributed by atoms with van der Waals surface area (Å²) >= 11 is 1.53. The molecule has 13 heavy (non-hydrogen) atoms. The van der Waals surface area contributed by atoms with Gasteiger partial charge in [0.25, 0.3) is 0 Å². The van der Waals surface area contributed by atoms with Gasteiger partial charge in [0, 0.05) is 17.9 Å². The van der Waals surface area contributed by atoms with Gasteiger partial charge in [0.1, 0.15) is 0 Å². The van der Waals surface area contributed by atoms with Crippen molar-refractivity contribution in [2.24, 2.45) is 0 Å². The van der Waals surface area contributed by atoms with Crippen LogP contribution in [-0.2, 0) is 4.79 Å². The number of rotatable bonds is 2. The predicted octanol–water partition coefficient (Wildman–Crippen LogP) is 2.23. The molecule has 1 amide bonds. The van der Waals surface area contributed by atoms with Gasteiger partial charge in [0.15, 0.2) is 0 Å². The van der Waals surface area contributed by atoms with Gasteiger partial charge in [-0.3, -0.25) is 9.10 Å². The zero-order chi connectivity index (χ0) is 9.26. The minimum Gasteiger partial charge on any atom is -0.282 e. The lowest BCUT2D eigenvalue weighted by Gasteiger charge is -2.28. The molecule has 0 aliphatic carbocycles. The second-order valence-electron chi connectivity index (χ2n) is 3.15. The quantitative estimate of drug-likeness (QED) is 0.530. The van der Waals surface area contributed by atoms with Crippen molar-refractivity contribution in [1.29, 1.82) is 0 Å². The average Bonchev–Trinajstić information content (AvgIpc) is 2.15. The van der Waals surface area contributed by atoms with Crippen LogP contribution in [0, 0.1) is 6.92 Å². The molecular weight excluding hydrogens is 182 g/mol. The first-order chi connectivity index (χ1) is 6.25. The van der Waals surface area contributed by atoms with Crippen LogP contribution in [-0.4, -0.2) is 16.8 Å². The van der Waals surface area contributed by atoms with Crippen LogP contribution in [0.4, 0.5) is 0 Å². The Balaban J connectivity index is 2.01. The van der Waals surface area contributed by atoms with E-state index in [-0.39, 0.29) is 5.91 Å². The molecular formula is C10H11NOS. The molecule has 0 unspecified atom stereocenters. The van der Waals surface area contributed by atoms with Crippen molar-refractivity contribution in [3.63, 3.8) is 0 Å². The maximum absolute atomic E-state index is 11.0. The Bertz CT molecular complexity index is 320. The summed E-state index contributed by atoms with van der Waals surface area (Å²) in [4.78, 5) is 12.1. The zero-order valence-electron chi connectivity index (χ0n) is 7.49. The van der Waals surface area contributed by atoms with Gasteiger partial charge in [-0.25, -0.2) is 0 Å². The number of carbonyl (C=O) groups is 1. The third-order valence-electron chi connectivity index (χ3n) is 2.04. The fourth-order valence-corrected chi connectivity index (χ4v) is 2.01. The highest BCUT2D eigenvalue weighted by atomic mass is 32.2. The van der Waals surface area contributed by atoms with Crippen LogP contribution >= 0.6 is 11.9 Å². The van der Waals surface area contributed by atoms with E-state index in [4.69, 9.17) is 0 Å². The van der Waals surface area contributed by atoms with Gasteiger partial charge in [-0.15, -0.1) is 0 Å². The number of hydrogen-bond acceptors (Lipinski definition) is 2. The van der Waals surface area contributed by atoms with Crippen LogP contribution in [0.15, 0.2) is 29.2 Å². The molecule has 1 heterocycles. The third-order valence-corrected chi connectivity index (χ3v) is 3.13. The molecule has 1 aliphatic heterocycles. The van der Waals surface area contributed by atoms with Crippen LogP contribution in [0.3, 0.4) is 0 Å². The maximum Gasteiger partial charge on any atom is 0.234 e. The number of hydrogen-bond donors (Lipinski definition) is 0. The Hall–Kier alpha value is -0.960. The third kappa shape index (κ3) is 1.86. The van der Waals surface area contributed by atoms with Crippen LogP contribution in [0.2, 0.25) is 0 Å². The SMILES string of the molecule is Cc1ccc(SN2CCC2=O)cc1. The molecule has 1 aromatic carbocycles. The van der Waals surface area contributed by atoms with E-state index < -0.39 is 0 Å². The average molecular weight is 193 g/mol. The number of amides is 1. The van der Waals surface area contributed by atoms with Crippen molar-refractivity contribution >= 4 is 17.9 Å². The Morgan fingerprint density at radius 1 is 1.31 bits per heavy atom. The lowest BCUT2D eigenvalue weighted by molar-refractivity contribution is -0.132. The summed E-state index contributed by atoms with van der Waals surface area (Å²) in [5, 5.41) is 0. The highest BCUT2D eigenvalue weighted by Crippen LogP contribution is 2.28. The normalized spacial score (nSPS) is 15.8. The van der Waals surface area contributed by atoms with E-state index >= 15 is 0 Å². The smallest absolute Gasteiger partial charge is 0.234 e. The van der Waals surface area contributed by atoms with Crippen molar-refractivity contribution in [1.82, 2.24) is 4.31 Å². The van der Waals surface area contributed by atoms with Gasteiger partial charge in [0.2, 0.25) is 5.91 Å². The Kier molecular flexibility index (Phi) is 2.27. The van der Waals surface area contributed by atoms with Crippen molar-refractivity contribution < 1.29 is 4.79 Å². The predicted molar refractivity (Wildman–Crippen MR) is 53.4 cm³/mol. The Morgan fingerprint density at radius 2 is 2.00 bits per heavy atom. The van der Waals surface area contributed by atoms with Crippen molar-refractivity contribution in [2.45, 2.75) is 18.2 Å². The standard InChI is InChI=1S/C10H11NOS/c1-8-2-4-9(5-3-8)13-11-7-6-10(11)12/h2-5H,6-7H2,1H3. The van der Waals surface area contributed by atoms with Crippen LogP contribution in [0.25, 0.3) is 0 Å². The van der Waals surface area contributed by atoms with Gasteiger partial charge in [-0.1, -0.05) is 17.7 Å². The van der Waals surface area contributed by atoms with Crippen LogP contribution in [0.1, 0.15) is 12.0 Å². The second kappa shape index (κ2) is 3.42. The number of nitrogens with zero attached hydrogens (tertiary/aromatic N) is 1. The lowest BCUT2D eigenvalue weighted by atomic mass is 10.2. The lowest BCUT2D eigenvalue weighted by Crippen LogP contribution is -2.37. The topological polar surface area (TPSA) is 20.3 Å². The number of benzene rings is 1. The van der Waals surface area contributed by atoms with Gasteiger partial charge >= 0.3 is 0 Å². The summed E-state index contributed by atoms with van der Waals surface area (Å²) in [6.45, 7) is 2.95. The summed E-state index contributed by atoms with van der Waals surface area (Å²) < 4.78 is 1.80. The van der Waals surface area contributed by atoms with Crippen molar-refractivity contribution in [3.8, 4) is 0 Å². The van der Waals surface area contributed by atoms with Gasteiger partial charge in [-0.2, -0.15) is 0 Å². The Morgan fingerprint density at radius 3 is 2.46 bits per heavy atom. The maximum atomic E-state index is 11.0. The van der Waals surface area contributed by atoms with Crippen LogP contribution < -0.4 is 0 Å². The monoisotopic (exact) mass is 193 g/mol. The molecule has 3 heteroatoms. The molecule has 0 atom stereocenters. The minimum absolute atomic E-state index is 0.241. The molecule has 0 radical (unpaired) electrons. The molecule has 1 saturated heterocycles. The molecule has 1 fully saturated rings. The summed E-state index contributed by atoms with van der Waals surface area (Å²) in [6.07, 6.45) is 0.707. The highest BCUT2D eigenvalue weighted by molar-refractivity contribution is 7.97. The van der Waals surface area contributed by atoms with E-state index in [2.05, 4.69) is 19.1 Å².